The average Bonchev–Trinajstić information content (AvgIpc) is 2.92. The Morgan fingerprint density at radius 3 is 2.48 bits per heavy atom. The summed E-state index contributed by atoms with van der Waals surface area (Å²) in [5, 5.41) is 19.4. The lowest BCUT2D eigenvalue weighted by Gasteiger charge is -2.62. The van der Waals surface area contributed by atoms with Crippen LogP contribution in [0.25, 0.3) is 0 Å². The Hall–Kier alpha value is -0.505. The summed E-state index contributed by atoms with van der Waals surface area (Å²) in [5.41, 5.74) is -0.161. The van der Waals surface area contributed by atoms with E-state index in [0.717, 1.165) is 49.9 Å². The Morgan fingerprint density at radius 1 is 1.00 bits per heavy atom. The van der Waals surface area contributed by atoms with Crippen LogP contribution >= 0.6 is 0 Å². The topological polar surface area (TPSA) is 57.5 Å². The van der Waals surface area contributed by atoms with E-state index in [0.29, 0.717) is 29.1 Å². The number of hydrogen-bond donors (Lipinski definition) is 2. The first-order valence-corrected chi connectivity index (χ1v) is 11.4. The minimum absolute atomic E-state index is 0.324. The van der Waals surface area contributed by atoms with Gasteiger partial charge in [0.2, 0.25) is 0 Å². The van der Waals surface area contributed by atoms with Gasteiger partial charge >= 0.3 is 5.97 Å². The van der Waals surface area contributed by atoms with Crippen molar-refractivity contribution in [1.82, 2.24) is 0 Å². The van der Waals surface area contributed by atoms with Crippen LogP contribution in [0.3, 0.4) is 0 Å². The second-order valence-electron chi connectivity index (χ2n) is 11.1. The SMILES string of the molecule is [B][C@]1(O)CC[C@@]2(C)[C@H](CC[C@@H]3[C@@H]2CC[C@]2(C)[C@@H](CCCC(=O)O)CC[C@@H]32)C1. The number of aliphatic carboxylic acids is 1. The number of carbonyl (C=O) groups is 1. The molecule has 0 aromatic heterocycles. The van der Waals surface area contributed by atoms with Crippen molar-refractivity contribution in [3.63, 3.8) is 0 Å². The molecule has 4 saturated carbocycles. The minimum Gasteiger partial charge on any atom is -0.481 e. The van der Waals surface area contributed by atoms with Gasteiger partial charge in [-0.3, -0.25) is 4.79 Å². The van der Waals surface area contributed by atoms with Crippen LogP contribution in [0.4, 0.5) is 0 Å². The van der Waals surface area contributed by atoms with Gasteiger partial charge in [-0.25, -0.2) is 0 Å². The van der Waals surface area contributed by atoms with E-state index in [1.54, 1.807) is 0 Å². The first-order valence-electron chi connectivity index (χ1n) is 11.4. The fourth-order valence-electron chi connectivity index (χ4n) is 8.36. The summed E-state index contributed by atoms with van der Waals surface area (Å²) in [5.74, 6) is 3.10. The lowest BCUT2D eigenvalue weighted by molar-refractivity contribution is -0.137. The van der Waals surface area contributed by atoms with Crippen LogP contribution in [0.15, 0.2) is 0 Å². The molecule has 0 unspecified atom stereocenters. The van der Waals surface area contributed by atoms with Gasteiger partial charge in [-0.15, -0.1) is 0 Å². The maximum Gasteiger partial charge on any atom is 0.303 e. The number of fused-ring (bicyclic) bond motifs is 5. The van der Waals surface area contributed by atoms with Crippen LogP contribution in [0.5, 0.6) is 0 Å². The molecule has 0 aliphatic heterocycles. The molecular formula is C23H37BO3. The monoisotopic (exact) mass is 372 g/mol. The molecule has 2 radical (unpaired) electrons. The van der Waals surface area contributed by atoms with Crippen molar-refractivity contribution in [3.05, 3.63) is 0 Å². The molecule has 3 nitrogen and oxygen atoms in total. The lowest BCUT2D eigenvalue weighted by Crippen LogP contribution is -2.56. The molecular weight excluding hydrogens is 335 g/mol. The van der Waals surface area contributed by atoms with Gasteiger partial charge in [-0.2, -0.15) is 0 Å². The predicted octanol–water partition coefficient (Wildman–Crippen LogP) is 4.76. The molecule has 4 heteroatoms. The standard InChI is InChI=1S/C23H37BO3/c1-21-11-10-19-17(18(21)9-7-15(21)4-3-5-20(25)26)8-6-16-14-23(24,27)13-12-22(16,19)2/h15-19,27H,3-14H2,1-2H3,(H,25,26)/t15-,16+,17-,18-,19-,21+,22-,23-/m0/s1. The summed E-state index contributed by atoms with van der Waals surface area (Å²) in [6.45, 7) is 5.03. The van der Waals surface area contributed by atoms with E-state index in [2.05, 4.69) is 13.8 Å². The van der Waals surface area contributed by atoms with E-state index in [-0.39, 0.29) is 0 Å². The number of aliphatic hydroxyl groups is 1. The molecule has 150 valence electrons. The van der Waals surface area contributed by atoms with Crippen molar-refractivity contribution in [2.45, 2.75) is 96.4 Å². The molecule has 27 heavy (non-hydrogen) atoms. The third kappa shape index (κ3) is 3.28. The van der Waals surface area contributed by atoms with E-state index in [1.807, 2.05) is 0 Å². The van der Waals surface area contributed by atoms with Gasteiger partial charge in [0, 0.05) is 11.9 Å². The molecule has 0 amide bonds. The molecule has 4 rings (SSSR count). The highest BCUT2D eigenvalue weighted by molar-refractivity contribution is 6.14. The average molecular weight is 372 g/mol. The molecule has 4 aliphatic carbocycles. The Kier molecular flexibility index (Phi) is 4.97. The molecule has 0 saturated heterocycles. The smallest absolute Gasteiger partial charge is 0.303 e. The lowest BCUT2D eigenvalue weighted by atomic mass is 9.42. The summed E-state index contributed by atoms with van der Waals surface area (Å²) >= 11 is 0. The summed E-state index contributed by atoms with van der Waals surface area (Å²) in [4.78, 5) is 10.9. The number of carboxylic acids is 1. The summed E-state index contributed by atoms with van der Waals surface area (Å²) in [7, 11) is 6.12. The molecule has 0 aromatic carbocycles. The van der Waals surface area contributed by atoms with Crippen molar-refractivity contribution in [1.29, 1.82) is 0 Å². The van der Waals surface area contributed by atoms with Crippen molar-refractivity contribution < 1.29 is 15.0 Å². The number of hydrogen-bond acceptors (Lipinski definition) is 2. The van der Waals surface area contributed by atoms with Gasteiger partial charge < -0.3 is 10.2 Å². The zero-order valence-electron chi connectivity index (χ0n) is 17.3. The summed E-state index contributed by atoms with van der Waals surface area (Å²) in [6.07, 6.45) is 12.7. The second kappa shape index (κ2) is 6.78. The van der Waals surface area contributed by atoms with Gasteiger partial charge in [0.1, 0.15) is 7.85 Å². The van der Waals surface area contributed by atoms with Crippen LogP contribution in [-0.4, -0.2) is 29.5 Å². The van der Waals surface area contributed by atoms with E-state index >= 15 is 0 Å². The molecule has 2 N–H and O–H groups in total. The Bertz CT molecular complexity index is 590. The van der Waals surface area contributed by atoms with Crippen LogP contribution in [0.1, 0.15) is 90.9 Å². The zero-order valence-corrected chi connectivity index (χ0v) is 17.3. The van der Waals surface area contributed by atoms with Crippen LogP contribution in [0, 0.1) is 40.4 Å². The third-order valence-corrected chi connectivity index (χ3v) is 9.90. The first-order chi connectivity index (χ1) is 12.7. The van der Waals surface area contributed by atoms with Gasteiger partial charge in [-0.1, -0.05) is 13.8 Å². The zero-order chi connectivity index (χ0) is 19.4. The Balaban J connectivity index is 1.48. The maximum atomic E-state index is 10.9. The van der Waals surface area contributed by atoms with Crippen LogP contribution in [-0.2, 0) is 4.79 Å². The minimum atomic E-state index is -0.942. The summed E-state index contributed by atoms with van der Waals surface area (Å²) in [6, 6.07) is 0. The van der Waals surface area contributed by atoms with Gasteiger partial charge in [0.05, 0.1) is 0 Å². The van der Waals surface area contributed by atoms with E-state index in [1.165, 1.54) is 38.5 Å². The van der Waals surface area contributed by atoms with Crippen molar-refractivity contribution in [2.24, 2.45) is 40.4 Å². The summed E-state index contributed by atoms with van der Waals surface area (Å²) < 4.78 is 0. The molecule has 4 aliphatic rings. The number of rotatable bonds is 4. The highest BCUT2D eigenvalue weighted by atomic mass is 16.4. The van der Waals surface area contributed by atoms with Crippen LogP contribution in [0.2, 0.25) is 0 Å². The maximum absolute atomic E-state index is 10.9. The highest BCUT2D eigenvalue weighted by Gasteiger charge is 2.60. The quantitative estimate of drug-likeness (QED) is 0.700. The molecule has 4 fully saturated rings. The third-order valence-electron chi connectivity index (χ3n) is 9.90. The van der Waals surface area contributed by atoms with Crippen molar-refractivity contribution in [3.8, 4) is 0 Å². The highest BCUT2D eigenvalue weighted by Crippen LogP contribution is 2.68. The molecule has 0 spiro atoms. The molecule has 0 aromatic rings. The Morgan fingerprint density at radius 2 is 1.74 bits per heavy atom. The largest absolute Gasteiger partial charge is 0.481 e. The first kappa shape index (κ1) is 19.8. The number of carboxylic acid groups (broad SMARTS) is 1. The Labute approximate surface area is 166 Å². The van der Waals surface area contributed by atoms with Crippen molar-refractivity contribution >= 4 is 13.8 Å². The van der Waals surface area contributed by atoms with E-state index in [9.17, 15) is 9.90 Å². The molecule has 0 bridgehead atoms. The van der Waals surface area contributed by atoms with Crippen LogP contribution < -0.4 is 0 Å². The van der Waals surface area contributed by atoms with E-state index in [4.69, 9.17) is 13.0 Å². The molecule has 8 atom stereocenters. The fraction of sp³-hybridized carbons (Fsp3) is 0.957. The van der Waals surface area contributed by atoms with Gasteiger partial charge in [-0.05, 0) is 111 Å². The predicted molar refractivity (Wildman–Crippen MR) is 107 cm³/mol. The van der Waals surface area contributed by atoms with Crippen molar-refractivity contribution in [2.75, 3.05) is 0 Å². The second-order valence-corrected chi connectivity index (χ2v) is 11.1. The normalized spacial score (nSPS) is 51.9. The van der Waals surface area contributed by atoms with Gasteiger partial charge in [0.25, 0.3) is 0 Å². The molecule has 0 heterocycles. The fourth-order valence-corrected chi connectivity index (χ4v) is 8.36. The van der Waals surface area contributed by atoms with E-state index < -0.39 is 11.5 Å². The van der Waals surface area contributed by atoms with Gasteiger partial charge in [0.15, 0.2) is 0 Å².